The second-order valence-electron chi connectivity index (χ2n) is 4.93. The molecule has 6 nitrogen and oxygen atoms in total. The topological polar surface area (TPSA) is 87.3 Å². The Balaban J connectivity index is 0.00000242. The summed E-state index contributed by atoms with van der Waals surface area (Å²) in [7, 11) is -3.56. The minimum atomic E-state index is -3.56. The molecule has 0 atom stereocenters. The van der Waals surface area contributed by atoms with Crippen molar-refractivity contribution in [3.63, 3.8) is 0 Å². The van der Waals surface area contributed by atoms with Crippen molar-refractivity contribution in [3.8, 4) is 0 Å². The van der Waals surface area contributed by atoms with Gasteiger partial charge in [0.2, 0.25) is 15.9 Å². The highest BCUT2D eigenvalue weighted by Gasteiger charge is 2.17. The number of benzene rings is 1. The molecule has 0 bridgehead atoms. The fourth-order valence-corrected chi connectivity index (χ4v) is 3.13. The van der Waals surface area contributed by atoms with Crippen molar-refractivity contribution in [2.75, 3.05) is 26.2 Å². The largest absolute Gasteiger partial charge is 0.356 e. The van der Waals surface area contributed by atoms with Crippen LogP contribution in [0.5, 0.6) is 0 Å². The van der Waals surface area contributed by atoms with Gasteiger partial charge in [-0.25, -0.2) is 13.1 Å². The first kappa shape index (κ1) is 19.4. The van der Waals surface area contributed by atoms with E-state index in [1.807, 2.05) is 0 Å². The predicted molar refractivity (Wildman–Crippen MR) is 90.6 cm³/mol. The maximum atomic E-state index is 12.0. The molecule has 124 valence electrons. The smallest absolute Gasteiger partial charge is 0.240 e. The Kier molecular flexibility index (Phi) is 7.78. The highest BCUT2D eigenvalue weighted by Crippen LogP contribution is 2.14. The van der Waals surface area contributed by atoms with E-state index >= 15 is 0 Å². The van der Waals surface area contributed by atoms with E-state index in [1.54, 1.807) is 12.1 Å². The standard InChI is InChI=1S/C13H18BrN3O3S.ClH/c14-11-1-3-12(4-2-11)21(19,20)17-6-5-13(18)16-9-10-7-15-8-10;/h1-4,10,15,17H,5-9H2,(H,16,18);1H. The Bertz CT molecular complexity index is 591. The van der Waals surface area contributed by atoms with Crippen LogP contribution in [0.3, 0.4) is 0 Å². The van der Waals surface area contributed by atoms with Gasteiger partial charge in [-0.3, -0.25) is 4.79 Å². The van der Waals surface area contributed by atoms with E-state index < -0.39 is 10.0 Å². The van der Waals surface area contributed by atoms with E-state index in [0.717, 1.165) is 17.6 Å². The van der Waals surface area contributed by atoms with E-state index in [2.05, 4.69) is 31.3 Å². The molecule has 0 saturated carbocycles. The van der Waals surface area contributed by atoms with Gasteiger partial charge in [-0.15, -0.1) is 12.4 Å². The molecule has 0 aromatic heterocycles. The first-order valence-corrected chi connectivity index (χ1v) is 8.97. The van der Waals surface area contributed by atoms with Crippen LogP contribution in [0.4, 0.5) is 0 Å². The third-order valence-electron chi connectivity index (χ3n) is 3.22. The first-order chi connectivity index (χ1) is 9.97. The maximum Gasteiger partial charge on any atom is 0.240 e. The molecule has 9 heteroatoms. The fourth-order valence-electron chi connectivity index (χ4n) is 1.84. The predicted octanol–water partition coefficient (Wildman–Crippen LogP) is 0.875. The lowest BCUT2D eigenvalue weighted by molar-refractivity contribution is -0.121. The minimum absolute atomic E-state index is 0. The van der Waals surface area contributed by atoms with Gasteiger partial charge in [0.1, 0.15) is 0 Å². The molecule has 1 aromatic rings. The van der Waals surface area contributed by atoms with E-state index in [1.165, 1.54) is 12.1 Å². The van der Waals surface area contributed by atoms with E-state index in [-0.39, 0.29) is 36.2 Å². The van der Waals surface area contributed by atoms with Crippen molar-refractivity contribution in [3.05, 3.63) is 28.7 Å². The van der Waals surface area contributed by atoms with Gasteiger partial charge in [0.15, 0.2) is 0 Å². The molecule has 1 heterocycles. The van der Waals surface area contributed by atoms with Crippen LogP contribution < -0.4 is 15.4 Å². The Morgan fingerprint density at radius 3 is 2.45 bits per heavy atom. The molecule has 1 aliphatic rings. The van der Waals surface area contributed by atoms with Crippen molar-refractivity contribution in [1.29, 1.82) is 0 Å². The van der Waals surface area contributed by atoms with Crippen molar-refractivity contribution in [1.82, 2.24) is 15.4 Å². The van der Waals surface area contributed by atoms with Gasteiger partial charge in [0, 0.05) is 43.0 Å². The van der Waals surface area contributed by atoms with Crippen molar-refractivity contribution in [2.45, 2.75) is 11.3 Å². The maximum absolute atomic E-state index is 12.0. The Morgan fingerprint density at radius 1 is 1.27 bits per heavy atom. The summed E-state index contributed by atoms with van der Waals surface area (Å²) in [6, 6.07) is 6.34. The monoisotopic (exact) mass is 411 g/mol. The second-order valence-corrected chi connectivity index (χ2v) is 7.61. The third kappa shape index (κ3) is 5.85. The van der Waals surface area contributed by atoms with Gasteiger partial charge in [-0.1, -0.05) is 15.9 Å². The van der Waals surface area contributed by atoms with Gasteiger partial charge >= 0.3 is 0 Å². The van der Waals surface area contributed by atoms with Crippen molar-refractivity contribution >= 4 is 44.3 Å². The molecule has 1 fully saturated rings. The summed E-state index contributed by atoms with van der Waals surface area (Å²) in [5.74, 6) is 0.355. The molecular formula is C13H19BrClN3O3S. The summed E-state index contributed by atoms with van der Waals surface area (Å²) in [5, 5.41) is 5.92. The average Bonchev–Trinajstić information content (AvgIpc) is 2.37. The molecule has 0 radical (unpaired) electrons. The first-order valence-electron chi connectivity index (χ1n) is 6.70. The van der Waals surface area contributed by atoms with Crippen molar-refractivity contribution < 1.29 is 13.2 Å². The molecule has 0 unspecified atom stereocenters. The molecule has 2 rings (SSSR count). The summed E-state index contributed by atoms with van der Waals surface area (Å²) in [4.78, 5) is 11.8. The number of amides is 1. The summed E-state index contributed by atoms with van der Waals surface area (Å²) in [6.07, 6.45) is 0.135. The number of nitrogens with one attached hydrogen (secondary N) is 3. The van der Waals surface area contributed by atoms with Gasteiger partial charge < -0.3 is 10.6 Å². The van der Waals surface area contributed by atoms with Crippen LogP contribution in [0.1, 0.15) is 6.42 Å². The number of hydrogen-bond acceptors (Lipinski definition) is 4. The quantitative estimate of drug-likeness (QED) is 0.620. The SMILES string of the molecule is Cl.O=C(CCNS(=O)(=O)c1ccc(Br)cc1)NCC1CNC1. The van der Waals surface area contributed by atoms with Crippen LogP contribution in [0.2, 0.25) is 0 Å². The Hall–Kier alpha value is -0.670. The van der Waals surface area contributed by atoms with Crippen LogP contribution in [0, 0.1) is 5.92 Å². The molecule has 1 aromatic carbocycles. The highest BCUT2D eigenvalue weighted by atomic mass is 79.9. The van der Waals surface area contributed by atoms with E-state index in [9.17, 15) is 13.2 Å². The summed E-state index contributed by atoms with van der Waals surface area (Å²) < 4.78 is 27.2. The van der Waals surface area contributed by atoms with E-state index in [4.69, 9.17) is 0 Å². The number of rotatable bonds is 7. The molecule has 22 heavy (non-hydrogen) atoms. The van der Waals surface area contributed by atoms with Crippen LogP contribution in [-0.2, 0) is 14.8 Å². The Labute approximate surface area is 145 Å². The van der Waals surface area contributed by atoms with Crippen molar-refractivity contribution in [2.24, 2.45) is 5.92 Å². The zero-order valence-corrected chi connectivity index (χ0v) is 15.1. The molecule has 1 saturated heterocycles. The van der Waals surface area contributed by atoms with Gasteiger partial charge in [0.25, 0.3) is 0 Å². The van der Waals surface area contributed by atoms with Gasteiger partial charge in [-0.2, -0.15) is 0 Å². The van der Waals surface area contributed by atoms with E-state index in [0.29, 0.717) is 12.5 Å². The lowest BCUT2D eigenvalue weighted by Crippen LogP contribution is -2.48. The fraction of sp³-hybridized carbons (Fsp3) is 0.462. The molecular weight excluding hydrogens is 394 g/mol. The van der Waals surface area contributed by atoms with Gasteiger partial charge in [0.05, 0.1) is 4.90 Å². The number of carbonyl (C=O) groups excluding carboxylic acids is 1. The summed E-state index contributed by atoms with van der Waals surface area (Å²) >= 11 is 3.25. The highest BCUT2D eigenvalue weighted by molar-refractivity contribution is 9.10. The van der Waals surface area contributed by atoms with Crippen LogP contribution >= 0.6 is 28.3 Å². The number of halogens is 2. The second kappa shape index (κ2) is 8.83. The molecule has 1 amide bonds. The number of carbonyl (C=O) groups is 1. The Morgan fingerprint density at radius 2 is 1.91 bits per heavy atom. The van der Waals surface area contributed by atoms with Crippen LogP contribution in [0.25, 0.3) is 0 Å². The molecule has 0 aliphatic carbocycles. The molecule has 0 spiro atoms. The summed E-state index contributed by atoms with van der Waals surface area (Å²) in [6.45, 7) is 2.59. The van der Waals surface area contributed by atoms with Crippen LogP contribution in [0.15, 0.2) is 33.6 Å². The minimum Gasteiger partial charge on any atom is -0.356 e. The normalized spacial score (nSPS) is 14.8. The summed E-state index contributed by atoms with van der Waals surface area (Å²) in [5.41, 5.74) is 0. The molecule has 3 N–H and O–H groups in total. The zero-order chi connectivity index (χ0) is 15.3. The lowest BCUT2D eigenvalue weighted by atomic mass is 10.0. The van der Waals surface area contributed by atoms with Gasteiger partial charge in [-0.05, 0) is 24.3 Å². The van der Waals surface area contributed by atoms with Crippen LogP contribution in [-0.4, -0.2) is 40.5 Å². The molecule has 1 aliphatic heterocycles. The number of sulfonamides is 1. The average molecular weight is 413 g/mol. The third-order valence-corrected chi connectivity index (χ3v) is 5.23. The number of hydrogen-bond donors (Lipinski definition) is 3. The zero-order valence-electron chi connectivity index (χ0n) is 11.8. The lowest BCUT2D eigenvalue weighted by Gasteiger charge is -2.27.